The molecule has 2 aromatic carbocycles. The van der Waals surface area contributed by atoms with Crippen LogP contribution in [0, 0.1) is 0 Å². The average Bonchev–Trinajstić information content (AvgIpc) is 3.49. The number of benzene rings is 2. The van der Waals surface area contributed by atoms with E-state index in [1.807, 2.05) is 79.0 Å². The SMILES string of the molecule is COc1ccccc1-n1cccc1[C@H]1[C@H](c2ccccn2)NC(=S)N1c1ccc(NC(C)=O)cc1. The Morgan fingerprint density at radius 3 is 2.51 bits per heavy atom. The van der Waals surface area contributed by atoms with Gasteiger partial charge in [-0.05, 0) is 72.9 Å². The number of carbonyl (C=O) groups excluding carboxylic acids is 1. The van der Waals surface area contributed by atoms with Crippen molar-refractivity contribution < 1.29 is 9.53 Å². The van der Waals surface area contributed by atoms with Gasteiger partial charge in [0, 0.05) is 36.4 Å². The van der Waals surface area contributed by atoms with E-state index in [1.165, 1.54) is 6.92 Å². The van der Waals surface area contributed by atoms with Crippen LogP contribution in [0.15, 0.2) is 91.3 Å². The molecule has 4 aromatic rings. The lowest BCUT2D eigenvalue weighted by Gasteiger charge is -2.29. The molecule has 0 spiro atoms. The predicted molar refractivity (Wildman–Crippen MR) is 141 cm³/mol. The van der Waals surface area contributed by atoms with Gasteiger partial charge in [0.15, 0.2) is 5.11 Å². The first kappa shape index (κ1) is 22.6. The van der Waals surface area contributed by atoms with Gasteiger partial charge in [0.2, 0.25) is 5.91 Å². The van der Waals surface area contributed by atoms with Crippen LogP contribution in [0.1, 0.15) is 30.4 Å². The molecule has 35 heavy (non-hydrogen) atoms. The fourth-order valence-corrected chi connectivity index (χ4v) is 4.87. The Morgan fingerprint density at radius 2 is 1.80 bits per heavy atom. The molecule has 1 aliphatic rings. The van der Waals surface area contributed by atoms with Gasteiger partial charge in [0.25, 0.3) is 0 Å². The summed E-state index contributed by atoms with van der Waals surface area (Å²) in [5, 5.41) is 6.91. The molecule has 1 aliphatic heterocycles. The molecule has 0 unspecified atom stereocenters. The Balaban J connectivity index is 1.63. The summed E-state index contributed by atoms with van der Waals surface area (Å²) >= 11 is 5.85. The molecule has 7 nitrogen and oxygen atoms in total. The number of hydrogen-bond acceptors (Lipinski definition) is 4. The summed E-state index contributed by atoms with van der Waals surface area (Å²) in [7, 11) is 1.67. The van der Waals surface area contributed by atoms with Gasteiger partial charge >= 0.3 is 0 Å². The third kappa shape index (κ3) is 4.36. The minimum atomic E-state index is -0.191. The van der Waals surface area contributed by atoms with E-state index in [0.29, 0.717) is 5.11 Å². The number of amides is 1. The van der Waals surface area contributed by atoms with E-state index < -0.39 is 0 Å². The first-order valence-corrected chi connectivity index (χ1v) is 11.7. The summed E-state index contributed by atoms with van der Waals surface area (Å²) in [6, 6.07) is 25.3. The Labute approximate surface area is 209 Å². The van der Waals surface area contributed by atoms with E-state index in [0.717, 1.165) is 34.2 Å². The number of aromatic nitrogens is 2. The lowest BCUT2D eigenvalue weighted by molar-refractivity contribution is -0.114. The summed E-state index contributed by atoms with van der Waals surface area (Å²) in [4.78, 5) is 18.2. The van der Waals surface area contributed by atoms with Crippen LogP contribution in [0.4, 0.5) is 11.4 Å². The van der Waals surface area contributed by atoms with Crippen LogP contribution in [0.2, 0.25) is 0 Å². The second kappa shape index (κ2) is 9.60. The average molecular weight is 484 g/mol. The maximum atomic E-state index is 11.5. The molecule has 1 fully saturated rings. The quantitative estimate of drug-likeness (QED) is 0.376. The normalized spacial score (nSPS) is 17.2. The third-order valence-electron chi connectivity index (χ3n) is 5.99. The third-order valence-corrected chi connectivity index (χ3v) is 6.31. The van der Waals surface area contributed by atoms with Crippen LogP contribution in [0.5, 0.6) is 5.75 Å². The molecule has 0 aliphatic carbocycles. The van der Waals surface area contributed by atoms with Gasteiger partial charge in [-0.1, -0.05) is 18.2 Å². The molecular weight excluding hydrogens is 458 g/mol. The van der Waals surface area contributed by atoms with Crippen molar-refractivity contribution in [2.45, 2.75) is 19.0 Å². The zero-order valence-electron chi connectivity index (χ0n) is 19.4. The smallest absolute Gasteiger partial charge is 0.221 e. The van der Waals surface area contributed by atoms with Crippen molar-refractivity contribution >= 4 is 34.6 Å². The van der Waals surface area contributed by atoms with Crippen LogP contribution in [-0.2, 0) is 4.79 Å². The minimum Gasteiger partial charge on any atom is -0.495 e. The number of pyridine rings is 1. The topological polar surface area (TPSA) is 71.4 Å². The van der Waals surface area contributed by atoms with E-state index in [9.17, 15) is 4.79 Å². The predicted octanol–water partition coefficient (Wildman–Crippen LogP) is 5.02. The number of anilines is 2. The van der Waals surface area contributed by atoms with E-state index in [2.05, 4.69) is 31.2 Å². The van der Waals surface area contributed by atoms with Crippen LogP contribution >= 0.6 is 12.2 Å². The first-order valence-electron chi connectivity index (χ1n) is 11.3. The first-order chi connectivity index (χ1) is 17.1. The Hall–Kier alpha value is -4.17. The molecule has 0 bridgehead atoms. The van der Waals surface area contributed by atoms with Crippen molar-refractivity contribution in [1.82, 2.24) is 14.9 Å². The Bertz CT molecular complexity index is 1350. The van der Waals surface area contributed by atoms with Gasteiger partial charge in [0.1, 0.15) is 11.8 Å². The van der Waals surface area contributed by atoms with Gasteiger partial charge in [-0.3, -0.25) is 9.78 Å². The molecule has 1 amide bonds. The van der Waals surface area contributed by atoms with Gasteiger partial charge in [0.05, 0.1) is 24.5 Å². The second-order valence-electron chi connectivity index (χ2n) is 8.20. The maximum Gasteiger partial charge on any atom is 0.221 e. The van der Waals surface area contributed by atoms with Gasteiger partial charge in [-0.15, -0.1) is 0 Å². The van der Waals surface area contributed by atoms with E-state index in [1.54, 1.807) is 13.3 Å². The van der Waals surface area contributed by atoms with Crippen LogP contribution in [0.3, 0.4) is 0 Å². The molecule has 8 heteroatoms. The molecule has 0 radical (unpaired) electrons. The van der Waals surface area contributed by atoms with Crippen LogP contribution in [-0.4, -0.2) is 27.7 Å². The largest absolute Gasteiger partial charge is 0.495 e. The molecule has 0 saturated carbocycles. The maximum absolute atomic E-state index is 11.5. The number of carbonyl (C=O) groups is 1. The van der Waals surface area contributed by atoms with Crippen LogP contribution in [0.25, 0.3) is 5.69 Å². The standard InChI is InChI=1S/C27H25N5O2S/c1-18(33)29-19-12-14-20(15-13-19)32-26(25(30-27(32)35)21-8-5-6-16-28-21)23-10-7-17-31(23)22-9-3-4-11-24(22)34-2/h3-17,25-26H,1-2H3,(H,29,33)(H,30,35)/t25-,26-/m0/s1. The van der Waals surface area contributed by atoms with Gasteiger partial charge in [-0.2, -0.15) is 0 Å². The summed E-state index contributed by atoms with van der Waals surface area (Å²) in [5.74, 6) is 0.665. The second-order valence-corrected chi connectivity index (χ2v) is 8.59. The highest BCUT2D eigenvalue weighted by Gasteiger charge is 2.42. The molecule has 3 heterocycles. The van der Waals surface area contributed by atoms with Crippen molar-refractivity contribution in [3.63, 3.8) is 0 Å². The number of nitrogens with one attached hydrogen (secondary N) is 2. The number of thiocarbonyl (C=S) groups is 1. The molecule has 1 saturated heterocycles. The van der Waals surface area contributed by atoms with Gasteiger partial charge in [-0.25, -0.2) is 0 Å². The highest BCUT2D eigenvalue weighted by Crippen LogP contribution is 2.43. The summed E-state index contributed by atoms with van der Waals surface area (Å²) in [6.45, 7) is 1.49. The zero-order chi connectivity index (χ0) is 24.4. The Morgan fingerprint density at radius 1 is 1.03 bits per heavy atom. The molecule has 2 N–H and O–H groups in total. The van der Waals surface area contributed by atoms with E-state index in [4.69, 9.17) is 17.0 Å². The number of methoxy groups -OCH3 is 1. The Kier molecular flexibility index (Phi) is 6.20. The number of nitrogens with zero attached hydrogens (tertiary/aromatic N) is 3. The van der Waals surface area contributed by atoms with E-state index in [-0.39, 0.29) is 18.0 Å². The highest BCUT2D eigenvalue weighted by atomic mass is 32.1. The highest BCUT2D eigenvalue weighted by molar-refractivity contribution is 7.80. The summed E-state index contributed by atoms with van der Waals surface area (Å²) < 4.78 is 7.79. The summed E-state index contributed by atoms with van der Waals surface area (Å²) in [6.07, 6.45) is 3.82. The fraction of sp³-hybridized carbons (Fsp3) is 0.148. The van der Waals surface area contributed by atoms with Crippen LogP contribution < -0.4 is 20.3 Å². The van der Waals surface area contributed by atoms with E-state index >= 15 is 0 Å². The monoisotopic (exact) mass is 483 g/mol. The lowest BCUT2D eigenvalue weighted by Crippen LogP contribution is -2.30. The number of rotatable bonds is 6. The number of para-hydroxylation sites is 2. The number of hydrogen-bond donors (Lipinski definition) is 2. The molecule has 176 valence electrons. The fourth-order valence-electron chi connectivity index (χ4n) is 4.53. The van der Waals surface area contributed by atoms with Crippen molar-refractivity contribution in [3.05, 3.63) is 103 Å². The van der Waals surface area contributed by atoms with Crippen molar-refractivity contribution in [2.24, 2.45) is 0 Å². The lowest BCUT2D eigenvalue weighted by atomic mass is 10.0. The van der Waals surface area contributed by atoms with Crippen molar-refractivity contribution in [1.29, 1.82) is 0 Å². The molecule has 2 atom stereocenters. The molecule has 5 rings (SSSR count). The van der Waals surface area contributed by atoms with Crippen molar-refractivity contribution in [3.8, 4) is 11.4 Å². The van der Waals surface area contributed by atoms with Gasteiger partial charge < -0.3 is 24.8 Å². The summed E-state index contributed by atoms with van der Waals surface area (Å²) in [5.41, 5.74) is 4.50. The molecule has 2 aromatic heterocycles. The minimum absolute atomic E-state index is 0.112. The molecular formula is C27H25N5O2S. The number of ether oxygens (including phenoxy) is 1. The van der Waals surface area contributed by atoms with Crippen molar-refractivity contribution in [2.75, 3.05) is 17.3 Å². The zero-order valence-corrected chi connectivity index (χ0v) is 20.2.